The summed E-state index contributed by atoms with van der Waals surface area (Å²) >= 11 is 8.90. The Balaban J connectivity index is 2.05. The number of aromatic nitrogens is 2. The second kappa shape index (κ2) is 5.49. The topological polar surface area (TPSA) is 63.8 Å². The summed E-state index contributed by atoms with van der Waals surface area (Å²) in [6.07, 6.45) is 0. The molecule has 4 nitrogen and oxygen atoms in total. The van der Waals surface area contributed by atoms with Gasteiger partial charge < -0.3 is 5.43 Å². The number of hydrogen-bond acceptors (Lipinski definition) is 6. The van der Waals surface area contributed by atoms with Gasteiger partial charge in [-0.3, -0.25) is 0 Å². The molecule has 0 radical (unpaired) electrons. The fraction of sp³-hybridized carbons (Fsp3) is 0.111. The fourth-order valence-corrected chi connectivity index (χ4v) is 2.88. The molecule has 0 fully saturated rings. The summed E-state index contributed by atoms with van der Waals surface area (Å²) in [6, 6.07) is 7.70. The zero-order chi connectivity index (χ0) is 11.4. The maximum atomic E-state index is 6.04. The van der Waals surface area contributed by atoms with E-state index in [4.69, 9.17) is 17.4 Å². The van der Waals surface area contributed by atoms with Gasteiger partial charge in [-0.05, 0) is 12.1 Å². The van der Waals surface area contributed by atoms with Gasteiger partial charge in [-0.25, -0.2) is 5.84 Å². The standard InChI is InChI=1S/C9H9ClN4S2/c10-6-3-1-2-4-8(6)15-5-7-9(12-11)16-14-13-7/h1-4,12H,5,11H2. The third-order valence-corrected chi connectivity index (χ3v) is 4.11. The van der Waals surface area contributed by atoms with E-state index in [0.717, 1.165) is 20.6 Å². The van der Waals surface area contributed by atoms with Crippen molar-refractivity contribution in [1.29, 1.82) is 0 Å². The van der Waals surface area contributed by atoms with Crippen LogP contribution in [0.3, 0.4) is 0 Å². The minimum absolute atomic E-state index is 0.694. The van der Waals surface area contributed by atoms with Crippen LogP contribution in [-0.2, 0) is 5.75 Å². The van der Waals surface area contributed by atoms with Gasteiger partial charge in [0, 0.05) is 22.2 Å². The van der Waals surface area contributed by atoms with E-state index in [1.54, 1.807) is 11.8 Å². The van der Waals surface area contributed by atoms with Crippen LogP contribution < -0.4 is 11.3 Å². The Kier molecular flexibility index (Phi) is 4.00. The van der Waals surface area contributed by atoms with E-state index < -0.39 is 0 Å². The molecule has 0 saturated carbocycles. The summed E-state index contributed by atoms with van der Waals surface area (Å²) in [4.78, 5) is 1.03. The van der Waals surface area contributed by atoms with Gasteiger partial charge >= 0.3 is 0 Å². The number of nitrogens with two attached hydrogens (primary N) is 1. The Bertz CT molecular complexity index is 474. The van der Waals surface area contributed by atoms with Crippen molar-refractivity contribution >= 4 is 39.9 Å². The van der Waals surface area contributed by atoms with Crippen molar-refractivity contribution in [3.63, 3.8) is 0 Å². The lowest BCUT2D eigenvalue weighted by molar-refractivity contribution is 1.07. The highest BCUT2D eigenvalue weighted by molar-refractivity contribution is 7.98. The maximum Gasteiger partial charge on any atom is 0.148 e. The number of anilines is 1. The Morgan fingerprint density at radius 2 is 2.25 bits per heavy atom. The van der Waals surface area contributed by atoms with E-state index >= 15 is 0 Å². The molecule has 0 aliphatic heterocycles. The van der Waals surface area contributed by atoms with Crippen LogP contribution in [0.25, 0.3) is 0 Å². The van der Waals surface area contributed by atoms with Crippen LogP contribution in [0.5, 0.6) is 0 Å². The first-order chi connectivity index (χ1) is 7.81. The van der Waals surface area contributed by atoms with Gasteiger partial charge in [0.25, 0.3) is 0 Å². The predicted molar refractivity (Wildman–Crippen MR) is 68.7 cm³/mol. The molecule has 7 heteroatoms. The molecule has 1 heterocycles. The number of rotatable bonds is 4. The molecule has 16 heavy (non-hydrogen) atoms. The van der Waals surface area contributed by atoms with E-state index in [9.17, 15) is 0 Å². The van der Waals surface area contributed by atoms with E-state index in [-0.39, 0.29) is 0 Å². The van der Waals surface area contributed by atoms with E-state index in [0.29, 0.717) is 5.75 Å². The number of thioether (sulfide) groups is 1. The largest absolute Gasteiger partial charge is 0.313 e. The van der Waals surface area contributed by atoms with Gasteiger partial charge in [0.15, 0.2) is 0 Å². The van der Waals surface area contributed by atoms with Crippen LogP contribution in [0.2, 0.25) is 5.02 Å². The first-order valence-electron chi connectivity index (χ1n) is 4.46. The highest BCUT2D eigenvalue weighted by Crippen LogP contribution is 2.31. The van der Waals surface area contributed by atoms with Crippen LogP contribution in [-0.4, -0.2) is 9.59 Å². The van der Waals surface area contributed by atoms with Gasteiger partial charge in [0.1, 0.15) is 10.7 Å². The molecule has 0 amide bonds. The molecule has 1 aromatic heterocycles. The predicted octanol–water partition coefficient (Wildman–Crippen LogP) is 2.77. The monoisotopic (exact) mass is 272 g/mol. The molecule has 2 rings (SSSR count). The van der Waals surface area contributed by atoms with E-state index in [1.165, 1.54) is 11.5 Å². The molecule has 2 aromatic rings. The van der Waals surface area contributed by atoms with Crippen molar-refractivity contribution in [3.05, 3.63) is 35.0 Å². The van der Waals surface area contributed by atoms with Crippen molar-refractivity contribution in [2.45, 2.75) is 10.6 Å². The molecule has 1 aromatic carbocycles. The highest BCUT2D eigenvalue weighted by Gasteiger charge is 2.08. The zero-order valence-electron chi connectivity index (χ0n) is 8.18. The van der Waals surface area contributed by atoms with Crippen LogP contribution in [0, 0.1) is 0 Å². The highest BCUT2D eigenvalue weighted by atomic mass is 35.5. The summed E-state index contributed by atoms with van der Waals surface area (Å²) in [6.45, 7) is 0. The van der Waals surface area contributed by atoms with Crippen molar-refractivity contribution in [3.8, 4) is 0 Å². The normalized spacial score (nSPS) is 10.4. The minimum Gasteiger partial charge on any atom is -0.313 e. The lowest BCUT2D eigenvalue weighted by Crippen LogP contribution is -2.06. The van der Waals surface area contributed by atoms with Gasteiger partial charge in [-0.2, -0.15) is 0 Å². The van der Waals surface area contributed by atoms with Crippen LogP contribution in [0.1, 0.15) is 5.69 Å². The Labute approximate surface area is 106 Å². The third kappa shape index (κ3) is 2.65. The van der Waals surface area contributed by atoms with Gasteiger partial charge in [-0.15, -0.1) is 16.9 Å². The molecule has 0 aliphatic rings. The number of halogens is 1. The van der Waals surface area contributed by atoms with Crippen molar-refractivity contribution in [1.82, 2.24) is 9.59 Å². The average molecular weight is 273 g/mol. The SMILES string of the molecule is NNc1snnc1CSc1ccccc1Cl. The number of benzene rings is 1. The third-order valence-electron chi connectivity index (χ3n) is 1.89. The van der Waals surface area contributed by atoms with Crippen molar-refractivity contribution in [2.24, 2.45) is 5.84 Å². The molecule has 0 atom stereocenters. The Hall–Kier alpha value is -0.820. The average Bonchev–Trinajstić information content (AvgIpc) is 2.75. The molecule has 0 saturated heterocycles. The molecule has 3 N–H and O–H groups in total. The lowest BCUT2D eigenvalue weighted by Gasteiger charge is -2.02. The van der Waals surface area contributed by atoms with Gasteiger partial charge in [-0.1, -0.05) is 28.2 Å². The number of nitrogens with one attached hydrogen (secondary N) is 1. The molecule has 0 aliphatic carbocycles. The number of hydrogen-bond donors (Lipinski definition) is 2. The summed E-state index contributed by atoms with van der Waals surface area (Å²) in [5.74, 6) is 6.03. The van der Waals surface area contributed by atoms with Crippen molar-refractivity contribution < 1.29 is 0 Å². The van der Waals surface area contributed by atoms with Crippen molar-refractivity contribution in [2.75, 3.05) is 5.43 Å². The zero-order valence-corrected chi connectivity index (χ0v) is 10.6. The lowest BCUT2D eigenvalue weighted by atomic mass is 10.4. The number of nitrogens with zero attached hydrogens (tertiary/aromatic N) is 2. The fourth-order valence-electron chi connectivity index (χ4n) is 1.12. The molecule has 0 unspecified atom stereocenters. The summed E-state index contributed by atoms with van der Waals surface area (Å²) in [5, 5.41) is 5.53. The second-order valence-corrected chi connectivity index (χ2v) is 5.09. The first kappa shape index (κ1) is 11.7. The Morgan fingerprint density at radius 1 is 1.44 bits per heavy atom. The Morgan fingerprint density at radius 3 is 3.00 bits per heavy atom. The summed E-state index contributed by atoms with van der Waals surface area (Å²) in [5.41, 5.74) is 3.42. The van der Waals surface area contributed by atoms with Crippen LogP contribution >= 0.6 is 34.9 Å². The molecule has 0 bridgehead atoms. The minimum atomic E-state index is 0.694. The quantitative estimate of drug-likeness (QED) is 0.509. The molecular formula is C9H9ClN4S2. The number of nitrogen functional groups attached to an aromatic ring is 1. The van der Waals surface area contributed by atoms with E-state index in [1.807, 2.05) is 24.3 Å². The van der Waals surface area contributed by atoms with Crippen LogP contribution in [0.4, 0.5) is 5.00 Å². The summed E-state index contributed by atoms with van der Waals surface area (Å²) < 4.78 is 3.83. The molecular weight excluding hydrogens is 264 g/mol. The first-order valence-corrected chi connectivity index (χ1v) is 6.60. The van der Waals surface area contributed by atoms with E-state index in [2.05, 4.69) is 15.0 Å². The maximum absolute atomic E-state index is 6.04. The molecule has 0 spiro atoms. The van der Waals surface area contributed by atoms with Gasteiger partial charge in [0.2, 0.25) is 0 Å². The number of hydrazine groups is 1. The summed E-state index contributed by atoms with van der Waals surface area (Å²) in [7, 11) is 0. The van der Waals surface area contributed by atoms with Gasteiger partial charge in [0.05, 0.1) is 5.02 Å². The smallest absolute Gasteiger partial charge is 0.148 e. The van der Waals surface area contributed by atoms with Crippen LogP contribution in [0.15, 0.2) is 29.2 Å². The molecule has 84 valence electrons. The second-order valence-electron chi connectivity index (χ2n) is 2.91.